The lowest BCUT2D eigenvalue weighted by Crippen LogP contribution is -2.60. The minimum atomic E-state index is -1.71. The number of epoxide rings is 1. The minimum Gasteiger partial charge on any atom is -0.472 e. The van der Waals surface area contributed by atoms with Gasteiger partial charge in [0.15, 0.2) is 12.6 Å². The van der Waals surface area contributed by atoms with Crippen molar-refractivity contribution in [3.63, 3.8) is 0 Å². The summed E-state index contributed by atoms with van der Waals surface area (Å²) >= 11 is 0. The zero-order valence-corrected chi connectivity index (χ0v) is 24.2. The van der Waals surface area contributed by atoms with Crippen LogP contribution in [-0.4, -0.2) is 140 Å². The van der Waals surface area contributed by atoms with Gasteiger partial charge in [-0.2, -0.15) is 0 Å². The Kier molecular flexibility index (Phi) is 9.33. The first-order valence-electron chi connectivity index (χ1n) is 14.8. The van der Waals surface area contributed by atoms with Crippen molar-refractivity contribution in [3.05, 3.63) is 54.3 Å². The molecule has 3 unspecified atom stereocenters. The maximum absolute atomic E-state index is 12.7. The summed E-state index contributed by atoms with van der Waals surface area (Å²) in [6.45, 7) is 0.587. The highest BCUT2D eigenvalue weighted by molar-refractivity contribution is 5.87. The van der Waals surface area contributed by atoms with Crippen molar-refractivity contribution in [2.24, 2.45) is 11.8 Å². The quantitative estimate of drug-likeness (QED) is 0.0845. The zero-order valence-electron chi connectivity index (χ0n) is 24.2. The molecule has 0 bridgehead atoms. The number of hydrogen-bond donors (Lipinski definition) is 7. The monoisotopic (exact) mass is 638 g/mol. The molecule has 1 saturated carbocycles. The van der Waals surface area contributed by atoms with Gasteiger partial charge in [-0.05, 0) is 24.6 Å². The van der Waals surface area contributed by atoms with Gasteiger partial charge in [0, 0.05) is 12.0 Å². The third kappa shape index (κ3) is 6.04. The van der Waals surface area contributed by atoms with Crippen LogP contribution in [0.3, 0.4) is 0 Å². The topological polar surface area (TPSA) is 227 Å². The minimum absolute atomic E-state index is 0.270. The lowest BCUT2D eigenvalue weighted by molar-refractivity contribution is -0.347. The van der Waals surface area contributed by atoms with E-state index in [0.717, 1.165) is 5.56 Å². The molecular formula is C30H38O15. The smallest absolute Gasteiger partial charge is 0.330 e. The molecular weight excluding hydrogens is 600 g/mol. The van der Waals surface area contributed by atoms with E-state index in [4.69, 9.17) is 33.2 Å². The summed E-state index contributed by atoms with van der Waals surface area (Å²) in [6.07, 6.45) is -11.4. The van der Waals surface area contributed by atoms with Crippen LogP contribution in [0.4, 0.5) is 0 Å². The summed E-state index contributed by atoms with van der Waals surface area (Å²) in [5.74, 6) is -2.00. The summed E-state index contributed by atoms with van der Waals surface area (Å²) in [4.78, 5) is 12.7. The number of esters is 1. The van der Waals surface area contributed by atoms with E-state index in [1.54, 1.807) is 12.2 Å². The van der Waals surface area contributed by atoms with Crippen molar-refractivity contribution in [3.8, 4) is 0 Å². The van der Waals surface area contributed by atoms with E-state index in [-0.39, 0.29) is 6.61 Å². The van der Waals surface area contributed by atoms with Crippen molar-refractivity contribution < 1.29 is 73.7 Å². The summed E-state index contributed by atoms with van der Waals surface area (Å²) in [7, 11) is 0. The second-order valence-electron chi connectivity index (χ2n) is 11.9. The molecule has 7 N–H and O–H groups in total. The lowest BCUT2D eigenvalue weighted by Gasteiger charge is -2.44. The molecule has 4 aliphatic heterocycles. The van der Waals surface area contributed by atoms with E-state index >= 15 is 0 Å². The number of ether oxygens (including phenoxy) is 7. The van der Waals surface area contributed by atoms with Gasteiger partial charge in [-0.1, -0.05) is 30.3 Å². The van der Waals surface area contributed by atoms with E-state index in [0.29, 0.717) is 0 Å². The molecule has 1 aromatic rings. The first-order chi connectivity index (χ1) is 21.6. The average molecular weight is 639 g/mol. The van der Waals surface area contributed by atoms with Crippen molar-refractivity contribution in [2.75, 3.05) is 13.2 Å². The first kappa shape index (κ1) is 32.4. The van der Waals surface area contributed by atoms with Crippen LogP contribution in [0.5, 0.6) is 0 Å². The molecule has 6 rings (SSSR count). The molecule has 3 saturated heterocycles. The molecule has 16 atom stereocenters. The Hall–Kier alpha value is -2.51. The number of rotatable bonds is 9. The number of carbonyl (C=O) groups is 1. The molecule has 15 nitrogen and oxygen atoms in total. The highest BCUT2D eigenvalue weighted by atomic mass is 16.8. The molecule has 0 radical (unpaired) electrons. The standard InChI is InChI=1S/C30H38O15/c1-13-19(33)21(35)23(37)28(41-13)43-25-15-9-10-39-27(44-29-24(38)22(36)20(34)16(11-31)42-29)18(15)30(26(25)45-30)12-40-17(32)8-7-14-5-3-2-4-6-14/h2-10,13,15-16,18-29,31,33-38H,11-12H2,1H3/b8-7+/t13-,15?,16-,18?,19+,20-,21-,22+,23+,24-,25+,26+,27?,28+,29+,30-/m1/s1. The fourth-order valence-corrected chi connectivity index (χ4v) is 6.53. The highest BCUT2D eigenvalue weighted by Gasteiger charge is 2.77. The fourth-order valence-electron chi connectivity index (χ4n) is 6.53. The number of carbonyl (C=O) groups excluding carboxylic acids is 1. The van der Waals surface area contributed by atoms with E-state index in [9.17, 15) is 40.5 Å². The summed E-state index contributed by atoms with van der Waals surface area (Å²) in [6, 6.07) is 9.13. The Balaban J connectivity index is 1.23. The van der Waals surface area contributed by atoms with Crippen molar-refractivity contribution in [1.29, 1.82) is 0 Å². The lowest BCUT2D eigenvalue weighted by atomic mass is 9.85. The first-order valence-corrected chi connectivity index (χ1v) is 14.8. The van der Waals surface area contributed by atoms with E-state index < -0.39 is 110 Å². The maximum atomic E-state index is 12.7. The van der Waals surface area contributed by atoms with Crippen LogP contribution < -0.4 is 0 Å². The molecule has 0 aromatic heterocycles. The normalized spacial score (nSPS) is 47.2. The van der Waals surface area contributed by atoms with E-state index in [2.05, 4.69) is 0 Å². The van der Waals surface area contributed by atoms with E-state index in [1.165, 1.54) is 19.3 Å². The van der Waals surface area contributed by atoms with Crippen LogP contribution in [0, 0.1) is 11.8 Å². The Morgan fingerprint density at radius 2 is 1.58 bits per heavy atom. The number of hydrogen-bond acceptors (Lipinski definition) is 15. The molecule has 1 aliphatic carbocycles. The van der Waals surface area contributed by atoms with Crippen LogP contribution in [-0.2, 0) is 38.0 Å². The van der Waals surface area contributed by atoms with Gasteiger partial charge < -0.3 is 68.9 Å². The highest BCUT2D eigenvalue weighted by Crippen LogP contribution is 2.61. The predicted octanol–water partition coefficient (Wildman–Crippen LogP) is -2.47. The predicted molar refractivity (Wildman–Crippen MR) is 147 cm³/mol. The van der Waals surface area contributed by atoms with Crippen LogP contribution >= 0.6 is 0 Å². The fraction of sp³-hybridized carbons (Fsp3) is 0.633. The van der Waals surface area contributed by atoms with Crippen molar-refractivity contribution >= 4 is 12.0 Å². The molecule has 45 heavy (non-hydrogen) atoms. The molecule has 0 amide bonds. The van der Waals surface area contributed by atoms with E-state index in [1.807, 2.05) is 30.3 Å². The largest absolute Gasteiger partial charge is 0.472 e. The van der Waals surface area contributed by atoms with Crippen LogP contribution in [0.15, 0.2) is 48.7 Å². The Bertz CT molecular complexity index is 1240. The van der Waals surface area contributed by atoms with Gasteiger partial charge in [0.25, 0.3) is 0 Å². The van der Waals surface area contributed by atoms with Gasteiger partial charge in [-0.15, -0.1) is 0 Å². The van der Waals surface area contributed by atoms with Crippen LogP contribution in [0.1, 0.15) is 12.5 Å². The van der Waals surface area contributed by atoms with Crippen molar-refractivity contribution in [1.82, 2.24) is 0 Å². The van der Waals surface area contributed by atoms with Gasteiger partial charge in [0.1, 0.15) is 61.0 Å². The Morgan fingerprint density at radius 1 is 0.889 bits per heavy atom. The molecule has 248 valence electrons. The average Bonchev–Trinajstić information content (AvgIpc) is 3.71. The number of aliphatic hydroxyl groups is 7. The molecule has 4 fully saturated rings. The number of benzene rings is 1. The maximum Gasteiger partial charge on any atom is 0.330 e. The van der Waals surface area contributed by atoms with Crippen molar-refractivity contribution in [2.45, 2.75) is 92.4 Å². The molecule has 0 spiro atoms. The summed E-state index contributed by atoms with van der Waals surface area (Å²) in [5, 5.41) is 71.7. The number of aliphatic hydroxyl groups excluding tert-OH is 7. The SMILES string of the molecule is C[C@H]1O[C@@H](O[C@H]2C3C=COC(O[C@@H]4O[C@H](CO)[C@@H](O)[C@H](O)[C@H]4O)C3[C@@]3(COC(=O)/C=C/c4ccccc4)O[C@@H]23)[C@@H](O)[C@H](O)[C@H]1O. The van der Waals surface area contributed by atoms with Crippen LogP contribution in [0.25, 0.3) is 6.08 Å². The van der Waals surface area contributed by atoms with Gasteiger partial charge >= 0.3 is 5.97 Å². The van der Waals surface area contributed by atoms with Crippen LogP contribution in [0.2, 0.25) is 0 Å². The van der Waals surface area contributed by atoms with Gasteiger partial charge in [0.05, 0.1) is 31.0 Å². The molecule has 1 aromatic carbocycles. The van der Waals surface area contributed by atoms with Gasteiger partial charge in [-0.25, -0.2) is 4.79 Å². The third-order valence-corrected chi connectivity index (χ3v) is 9.10. The van der Waals surface area contributed by atoms with Gasteiger partial charge in [-0.3, -0.25) is 0 Å². The molecule has 4 heterocycles. The zero-order chi connectivity index (χ0) is 32.0. The Labute approximate surface area is 257 Å². The molecule has 5 aliphatic rings. The summed E-state index contributed by atoms with van der Waals surface area (Å²) < 4.78 is 40.8. The second kappa shape index (κ2) is 12.9. The summed E-state index contributed by atoms with van der Waals surface area (Å²) in [5.41, 5.74) is -0.452. The van der Waals surface area contributed by atoms with Gasteiger partial charge in [0.2, 0.25) is 6.29 Å². The number of fused-ring (bicyclic) bond motifs is 3. The second-order valence-corrected chi connectivity index (χ2v) is 11.9. The third-order valence-electron chi connectivity index (χ3n) is 9.10. The Morgan fingerprint density at radius 3 is 2.29 bits per heavy atom. The molecule has 15 heteroatoms.